The van der Waals surface area contributed by atoms with Crippen molar-refractivity contribution < 1.29 is 4.79 Å². The number of aromatic nitrogens is 1. The number of thiazole rings is 1. The van der Waals surface area contributed by atoms with E-state index in [1.54, 1.807) is 16.2 Å². The monoisotopic (exact) mass is 393 g/mol. The zero-order chi connectivity index (χ0) is 19.7. The summed E-state index contributed by atoms with van der Waals surface area (Å²) < 4.78 is 0. The van der Waals surface area contributed by atoms with Gasteiger partial charge in [-0.25, -0.2) is 4.98 Å². The second-order valence-electron chi connectivity index (χ2n) is 7.65. The highest BCUT2D eigenvalue weighted by atomic mass is 32.1. The van der Waals surface area contributed by atoms with Crippen molar-refractivity contribution >= 4 is 23.2 Å². The molecule has 27 heavy (non-hydrogen) atoms. The van der Waals surface area contributed by atoms with Crippen LogP contribution >= 0.6 is 11.3 Å². The third-order valence-corrected chi connectivity index (χ3v) is 6.11. The molecule has 1 aliphatic rings. The van der Waals surface area contributed by atoms with Gasteiger partial charge in [-0.1, -0.05) is 12.8 Å². The van der Waals surface area contributed by atoms with E-state index in [0.717, 1.165) is 69.7 Å². The molecule has 1 saturated carbocycles. The molecular weight excluding hydrogens is 358 g/mol. The Kier molecular flexibility index (Phi) is 8.54. The van der Waals surface area contributed by atoms with E-state index in [1.807, 2.05) is 21.0 Å². The van der Waals surface area contributed by atoms with Gasteiger partial charge in [0.2, 0.25) is 5.91 Å². The minimum Gasteiger partial charge on any atom is -0.357 e. The van der Waals surface area contributed by atoms with Gasteiger partial charge in [-0.15, -0.1) is 11.3 Å². The molecule has 0 spiro atoms. The van der Waals surface area contributed by atoms with Crippen LogP contribution in [0.25, 0.3) is 0 Å². The molecule has 7 heteroatoms. The molecule has 0 atom stereocenters. The molecule has 1 aromatic rings. The fraction of sp³-hybridized carbons (Fsp3) is 0.750. The molecule has 0 aromatic carbocycles. The first-order valence-corrected chi connectivity index (χ1v) is 11.0. The lowest BCUT2D eigenvalue weighted by Crippen LogP contribution is -2.43. The number of rotatable bonds is 9. The summed E-state index contributed by atoms with van der Waals surface area (Å²) in [5, 5.41) is 10.1. The molecule has 0 aliphatic heterocycles. The number of carbonyl (C=O) groups excluding carboxylic acids is 1. The average molecular weight is 394 g/mol. The van der Waals surface area contributed by atoms with Crippen LogP contribution in [0.15, 0.2) is 10.4 Å². The van der Waals surface area contributed by atoms with Crippen LogP contribution in [0.4, 0.5) is 0 Å². The number of hydrogen-bond acceptors (Lipinski definition) is 4. The molecule has 1 heterocycles. The second-order valence-corrected chi connectivity index (χ2v) is 8.59. The molecule has 2 rings (SSSR count). The van der Waals surface area contributed by atoms with Crippen molar-refractivity contribution in [3.05, 3.63) is 16.1 Å². The van der Waals surface area contributed by atoms with Gasteiger partial charge in [0, 0.05) is 38.3 Å². The molecule has 0 saturated heterocycles. The Morgan fingerprint density at radius 3 is 2.63 bits per heavy atom. The van der Waals surface area contributed by atoms with Gasteiger partial charge >= 0.3 is 0 Å². The Morgan fingerprint density at radius 1 is 1.30 bits per heavy atom. The highest BCUT2D eigenvalue weighted by molar-refractivity contribution is 7.09. The zero-order valence-corrected chi connectivity index (χ0v) is 18.1. The van der Waals surface area contributed by atoms with Gasteiger partial charge in [0.1, 0.15) is 0 Å². The smallest absolute Gasteiger partial charge is 0.230 e. The van der Waals surface area contributed by atoms with Crippen molar-refractivity contribution in [2.75, 3.05) is 33.7 Å². The highest BCUT2D eigenvalue weighted by Gasteiger charge is 2.41. The topological polar surface area (TPSA) is 69.6 Å². The molecule has 2 N–H and O–H groups in total. The largest absolute Gasteiger partial charge is 0.357 e. The van der Waals surface area contributed by atoms with E-state index in [2.05, 4.69) is 27.9 Å². The summed E-state index contributed by atoms with van der Waals surface area (Å²) in [6.45, 7) is 6.37. The van der Waals surface area contributed by atoms with Gasteiger partial charge in [0.15, 0.2) is 5.96 Å². The van der Waals surface area contributed by atoms with E-state index in [4.69, 9.17) is 4.99 Å². The summed E-state index contributed by atoms with van der Waals surface area (Å²) in [6.07, 6.45) is 7.35. The normalized spacial score (nSPS) is 16.4. The molecule has 0 bridgehead atoms. The van der Waals surface area contributed by atoms with Crippen LogP contribution in [0, 0.1) is 12.3 Å². The first-order chi connectivity index (χ1) is 13.0. The van der Waals surface area contributed by atoms with Crippen LogP contribution in [0.2, 0.25) is 0 Å². The Labute approximate surface area is 167 Å². The maximum atomic E-state index is 12.7. The molecule has 1 aromatic heterocycles. The Bertz CT molecular complexity index is 620. The lowest BCUT2D eigenvalue weighted by molar-refractivity contribution is -0.138. The SMILES string of the molecule is CCNC(=NCC1(C(=O)N(C)C)CCCC1)NCCCCc1nc(C)cs1. The van der Waals surface area contributed by atoms with Crippen LogP contribution in [0.3, 0.4) is 0 Å². The van der Waals surface area contributed by atoms with Crippen LogP contribution in [-0.2, 0) is 11.2 Å². The van der Waals surface area contributed by atoms with Crippen molar-refractivity contribution in [2.24, 2.45) is 10.4 Å². The second kappa shape index (κ2) is 10.6. The number of carbonyl (C=O) groups is 1. The zero-order valence-electron chi connectivity index (χ0n) is 17.3. The number of guanidine groups is 1. The van der Waals surface area contributed by atoms with Crippen molar-refractivity contribution in [1.82, 2.24) is 20.5 Å². The predicted molar refractivity (Wildman–Crippen MR) is 113 cm³/mol. The van der Waals surface area contributed by atoms with Gasteiger partial charge < -0.3 is 15.5 Å². The number of unbranched alkanes of at least 4 members (excludes halogenated alkanes) is 1. The van der Waals surface area contributed by atoms with Gasteiger partial charge in [-0.2, -0.15) is 0 Å². The van der Waals surface area contributed by atoms with E-state index in [-0.39, 0.29) is 11.3 Å². The number of aliphatic imine (C=N–C) groups is 1. The molecule has 152 valence electrons. The summed E-state index contributed by atoms with van der Waals surface area (Å²) in [7, 11) is 3.69. The van der Waals surface area contributed by atoms with Gasteiger partial charge in [-0.05, 0) is 46.0 Å². The number of nitrogens with one attached hydrogen (secondary N) is 2. The molecule has 1 fully saturated rings. The summed E-state index contributed by atoms with van der Waals surface area (Å²) >= 11 is 1.75. The van der Waals surface area contributed by atoms with Crippen LogP contribution in [0.5, 0.6) is 0 Å². The summed E-state index contributed by atoms with van der Waals surface area (Å²) in [4.78, 5) is 23.7. The van der Waals surface area contributed by atoms with E-state index in [1.165, 1.54) is 5.01 Å². The lowest BCUT2D eigenvalue weighted by Gasteiger charge is -2.29. The number of amides is 1. The molecule has 6 nitrogen and oxygen atoms in total. The highest BCUT2D eigenvalue weighted by Crippen LogP contribution is 2.39. The van der Waals surface area contributed by atoms with E-state index in [9.17, 15) is 4.79 Å². The summed E-state index contributed by atoms with van der Waals surface area (Å²) in [5.74, 6) is 1.04. The Morgan fingerprint density at radius 2 is 2.04 bits per heavy atom. The van der Waals surface area contributed by atoms with Crippen molar-refractivity contribution in [2.45, 2.75) is 58.8 Å². The van der Waals surface area contributed by atoms with Crippen molar-refractivity contribution in [3.63, 3.8) is 0 Å². The van der Waals surface area contributed by atoms with Gasteiger partial charge in [0.05, 0.1) is 17.0 Å². The van der Waals surface area contributed by atoms with Crippen molar-refractivity contribution in [1.29, 1.82) is 0 Å². The summed E-state index contributed by atoms with van der Waals surface area (Å²) in [6, 6.07) is 0. The minimum absolute atomic E-state index is 0.221. The minimum atomic E-state index is -0.311. The summed E-state index contributed by atoms with van der Waals surface area (Å²) in [5.41, 5.74) is 0.803. The van der Waals surface area contributed by atoms with Crippen molar-refractivity contribution in [3.8, 4) is 0 Å². The lowest BCUT2D eigenvalue weighted by atomic mass is 9.85. The first kappa shape index (κ1) is 21.7. The third-order valence-electron chi connectivity index (χ3n) is 5.08. The van der Waals surface area contributed by atoms with Crippen LogP contribution in [-0.4, -0.2) is 55.5 Å². The number of hydrogen-bond donors (Lipinski definition) is 2. The number of nitrogens with zero attached hydrogens (tertiary/aromatic N) is 3. The predicted octanol–water partition coefficient (Wildman–Crippen LogP) is 2.98. The van der Waals surface area contributed by atoms with Crippen LogP contribution < -0.4 is 10.6 Å². The van der Waals surface area contributed by atoms with Gasteiger partial charge in [-0.3, -0.25) is 9.79 Å². The Hall–Kier alpha value is -1.63. The maximum absolute atomic E-state index is 12.7. The van der Waals surface area contributed by atoms with E-state index in [0.29, 0.717) is 6.54 Å². The average Bonchev–Trinajstić information content (AvgIpc) is 3.28. The van der Waals surface area contributed by atoms with E-state index >= 15 is 0 Å². The molecule has 0 unspecified atom stereocenters. The molecule has 0 radical (unpaired) electrons. The van der Waals surface area contributed by atoms with Gasteiger partial charge in [0.25, 0.3) is 0 Å². The van der Waals surface area contributed by atoms with Crippen LogP contribution in [0.1, 0.15) is 56.2 Å². The fourth-order valence-electron chi connectivity index (χ4n) is 3.66. The molecular formula is C20H35N5OS. The molecule has 1 amide bonds. The first-order valence-electron chi connectivity index (χ1n) is 10.1. The van der Waals surface area contributed by atoms with E-state index < -0.39 is 0 Å². The Balaban J connectivity index is 1.82. The quantitative estimate of drug-likeness (QED) is 0.384. The maximum Gasteiger partial charge on any atom is 0.230 e. The fourth-order valence-corrected chi connectivity index (χ4v) is 4.48. The third kappa shape index (κ3) is 6.48. The molecule has 1 aliphatic carbocycles. The standard InChI is InChI=1S/C20H35N5OS/c1-5-21-19(22-13-9-6-10-17-24-16(2)14-27-17)23-15-20(11-7-8-12-20)18(26)25(3)4/h14H,5-13,15H2,1-4H3,(H2,21,22,23). The number of aryl methyl sites for hydroxylation is 2.